The van der Waals surface area contributed by atoms with E-state index < -0.39 is 0 Å². The largest absolute Gasteiger partial charge is 0.495 e. The highest BCUT2D eigenvalue weighted by Gasteiger charge is 2.18. The van der Waals surface area contributed by atoms with Gasteiger partial charge < -0.3 is 15.4 Å². The number of hydrogen-bond donors (Lipinski definition) is 2. The molecule has 1 heterocycles. The van der Waals surface area contributed by atoms with Crippen LogP contribution >= 0.6 is 11.6 Å². The molecule has 2 aromatic carbocycles. The minimum absolute atomic E-state index is 0.00722. The molecule has 1 aromatic heterocycles. The predicted octanol–water partition coefficient (Wildman–Crippen LogP) is 5.32. The molecule has 27 heavy (non-hydrogen) atoms. The summed E-state index contributed by atoms with van der Waals surface area (Å²) in [5.74, 6) is 1.59. The van der Waals surface area contributed by atoms with Crippen molar-refractivity contribution in [1.29, 1.82) is 0 Å². The van der Waals surface area contributed by atoms with Crippen molar-refractivity contribution in [2.45, 2.75) is 26.2 Å². The molecule has 140 valence electrons. The van der Waals surface area contributed by atoms with Crippen molar-refractivity contribution in [2.75, 3.05) is 17.7 Å². The number of hydrogen-bond acceptors (Lipinski definition) is 6. The Morgan fingerprint density at radius 3 is 2.52 bits per heavy atom. The van der Waals surface area contributed by atoms with Gasteiger partial charge in [-0.05, 0) is 35.2 Å². The predicted molar refractivity (Wildman–Crippen MR) is 110 cm³/mol. The highest BCUT2D eigenvalue weighted by molar-refractivity contribution is 6.32. The van der Waals surface area contributed by atoms with Crippen molar-refractivity contribution in [1.82, 2.24) is 15.2 Å². The number of aromatic nitrogens is 3. The first-order valence-corrected chi connectivity index (χ1v) is 8.91. The molecule has 7 heteroatoms. The lowest BCUT2D eigenvalue weighted by atomic mass is 9.86. The van der Waals surface area contributed by atoms with Crippen LogP contribution < -0.4 is 15.4 Å². The van der Waals surface area contributed by atoms with Gasteiger partial charge in [-0.1, -0.05) is 50.6 Å². The summed E-state index contributed by atoms with van der Waals surface area (Å²) in [7, 11) is 1.58. The average Bonchev–Trinajstić information content (AvgIpc) is 2.62. The van der Waals surface area contributed by atoms with E-state index in [1.807, 2.05) is 24.3 Å². The quantitative estimate of drug-likeness (QED) is 0.621. The molecule has 0 aliphatic heterocycles. The van der Waals surface area contributed by atoms with Crippen LogP contribution in [0.4, 0.5) is 23.1 Å². The second-order valence-corrected chi connectivity index (χ2v) is 7.47. The number of anilines is 4. The maximum Gasteiger partial charge on any atom is 0.249 e. The number of rotatable bonds is 5. The summed E-state index contributed by atoms with van der Waals surface area (Å²) in [5, 5.41) is 15.1. The number of ether oxygens (including phenoxy) is 1. The van der Waals surface area contributed by atoms with Crippen LogP contribution in [0.1, 0.15) is 26.3 Å². The van der Waals surface area contributed by atoms with E-state index in [4.69, 9.17) is 16.3 Å². The number of halogens is 1. The molecule has 3 aromatic rings. The van der Waals surface area contributed by atoms with Crippen LogP contribution in [0, 0.1) is 0 Å². The van der Waals surface area contributed by atoms with Gasteiger partial charge in [0.15, 0.2) is 5.82 Å². The molecule has 3 rings (SSSR count). The van der Waals surface area contributed by atoms with Gasteiger partial charge in [-0.25, -0.2) is 0 Å². The molecule has 0 spiro atoms. The van der Waals surface area contributed by atoms with Crippen molar-refractivity contribution in [3.8, 4) is 5.75 Å². The summed E-state index contributed by atoms with van der Waals surface area (Å²) in [4.78, 5) is 4.49. The normalized spacial score (nSPS) is 11.1. The minimum Gasteiger partial charge on any atom is -0.495 e. The Morgan fingerprint density at radius 1 is 1.04 bits per heavy atom. The van der Waals surface area contributed by atoms with E-state index in [0.717, 1.165) is 11.4 Å². The fraction of sp³-hybridized carbons (Fsp3) is 0.250. The Hall–Kier alpha value is -2.86. The van der Waals surface area contributed by atoms with E-state index in [1.165, 1.54) is 5.56 Å². The van der Waals surface area contributed by atoms with Crippen LogP contribution in [0.15, 0.2) is 48.7 Å². The van der Waals surface area contributed by atoms with Gasteiger partial charge in [-0.3, -0.25) is 0 Å². The lowest BCUT2D eigenvalue weighted by molar-refractivity contribution is 0.415. The van der Waals surface area contributed by atoms with Gasteiger partial charge in [0.2, 0.25) is 5.95 Å². The zero-order valence-electron chi connectivity index (χ0n) is 15.7. The summed E-state index contributed by atoms with van der Waals surface area (Å²) in [5.41, 5.74) is 2.90. The third-order valence-electron chi connectivity index (χ3n) is 3.96. The van der Waals surface area contributed by atoms with Crippen LogP contribution in [-0.2, 0) is 5.41 Å². The molecule has 0 saturated heterocycles. The average molecular weight is 384 g/mol. The van der Waals surface area contributed by atoms with Gasteiger partial charge in [0.25, 0.3) is 0 Å². The van der Waals surface area contributed by atoms with Crippen LogP contribution in [0.3, 0.4) is 0 Å². The van der Waals surface area contributed by atoms with Crippen LogP contribution in [-0.4, -0.2) is 22.3 Å². The molecular weight excluding hydrogens is 362 g/mol. The second-order valence-electron chi connectivity index (χ2n) is 7.06. The topological polar surface area (TPSA) is 72.0 Å². The molecule has 0 atom stereocenters. The fourth-order valence-electron chi connectivity index (χ4n) is 2.68. The minimum atomic E-state index is -0.00722. The fourth-order valence-corrected chi connectivity index (χ4v) is 2.93. The highest BCUT2D eigenvalue weighted by atomic mass is 35.5. The number of nitrogens with zero attached hydrogens (tertiary/aromatic N) is 3. The van der Waals surface area contributed by atoms with Crippen molar-refractivity contribution in [2.24, 2.45) is 0 Å². The second kappa shape index (κ2) is 7.80. The van der Waals surface area contributed by atoms with Crippen molar-refractivity contribution in [3.05, 3.63) is 59.2 Å². The molecule has 0 aliphatic rings. The van der Waals surface area contributed by atoms with E-state index in [0.29, 0.717) is 22.5 Å². The monoisotopic (exact) mass is 383 g/mol. The zero-order valence-corrected chi connectivity index (χ0v) is 16.5. The number of methoxy groups -OCH3 is 1. The summed E-state index contributed by atoms with van der Waals surface area (Å²) in [6, 6.07) is 13.5. The first-order valence-electron chi connectivity index (χ1n) is 8.53. The van der Waals surface area contributed by atoms with E-state index in [1.54, 1.807) is 25.4 Å². The van der Waals surface area contributed by atoms with Crippen molar-refractivity contribution in [3.63, 3.8) is 0 Å². The van der Waals surface area contributed by atoms with Gasteiger partial charge in [0.1, 0.15) is 5.75 Å². The molecule has 0 bridgehead atoms. The molecule has 0 unspecified atom stereocenters. The third-order valence-corrected chi connectivity index (χ3v) is 4.26. The SMILES string of the molecule is COc1ccc(Nc2cnnc(Nc3ccccc3C(C)(C)C)n2)cc1Cl. The molecule has 0 amide bonds. The van der Waals surface area contributed by atoms with E-state index in [9.17, 15) is 0 Å². The van der Waals surface area contributed by atoms with Crippen molar-refractivity contribution >= 4 is 34.7 Å². The number of nitrogens with one attached hydrogen (secondary N) is 2. The standard InChI is InChI=1S/C20H22ClN5O/c1-20(2,3)14-7-5-6-8-16(14)24-19-25-18(12-22-26-19)23-13-9-10-17(27-4)15(21)11-13/h5-12H,1-4H3,(H2,23,24,25,26). The first-order chi connectivity index (χ1) is 12.9. The lowest BCUT2D eigenvalue weighted by Crippen LogP contribution is -2.14. The molecule has 6 nitrogen and oxygen atoms in total. The Bertz CT molecular complexity index is 940. The maximum absolute atomic E-state index is 6.17. The third kappa shape index (κ3) is 4.65. The first kappa shape index (κ1) is 18.9. The van der Waals surface area contributed by atoms with Crippen LogP contribution in [0.2, 0.25) is 5.02 Å². The Balaban J connectivity index is 1.82. The van der Waals surface area contributed by atoms with E-state index >= 15 is 0 Å². The number of para-hydroxylation sites is 1. The molecule has 0 saturated carbocycles. The Morgan fingerprint density at radius 2 is 1.81 bits per heavy atom. The molecule has 0 radical (unpaired) electrons. The summed E-state index contributed by atoms with van der Waals surface area (Å²) in [6.45, 7) is 6.49. The maximum atomic E-state index is 6.17. The molecule has 0 fully saturated rings. The summed E-state index contributed by atoms with van der Waals surface area (Å²) < 4.78 is 5.17. The van der Waals surface area contributed by atoms with Gasteiger partial charge in [0.05, 0.1) is 18.3 Å². The van der Waals surface area contributed by atoms with Crippen LogP contribution in [0.25, 0.3) is 0 Å². The van der Waals surface area contributed by atoms with Gasteiger partial charge in [-0.15, -0.1) is 5.10 Å². The summed E-state index contributed by atoms with van der Waals surface area (Å²) >= 11 is 6.17. The van der Waals surface area contributed by atoms with Gasteiger partial charge in [-0.2, -0.15) is 10.1 Å². The molecule has 0 aliphatic carbocycles. The Labute approximate surface area is 164 Å². The van der Waals surface area contributed by atoms with Gasteiger partial charge in [0, 0.05) is 11.4 Å². The van der Waals surface area contributed by atoms with E-state index in [2.05, 4.69) is 52.7 Å². The van der Waals surface area contributed by atoms with E-state index in [-0.39, 0.29) is 5.41 Å². The molecular formula is C20H22ClN5O. The summed E-state index contributed by atoms with van der Waals surface area (Å²) in [6.07, 6.45) is 1.55. The Kier molecular flexibility index (Phi) is 5.46. The van der Waals surface area contributed by atoms with Crippen molar-refractivity contribution < 1.29 is 4.74 Å². The lowest BCUT2D eigenvalue weighted by Gasteiger charge is -2.22. The highest BCUT2D eigenvalue weighted by Crippen LogP contribution is 2.31. The molecule has 2 N–H and O–H groups in total. The zero-order chi connectivity index (χ0) is 19.4. The van der Waals surface area contributed by atoms with Crippen LogP contribution in [0.5, 0.6) is 5.75 Å². The van der Waals surface area contributed by atoms with Gasteiger partial charge >= 0.3 is 0 Å². The number of benzene rings is 2. The smallest absolute Gasteiger partial charge is 0.249 e.